The molecule has 0 bridgehead atoms. The van der Waals surface area contributed by atoms with Crippen LogP contribution >= 0.6 is 46.9 Å². The third-order valence-electron chi connectivity index (χ3n) is 3.45. The van der Waals surface area contributed by atoms with Crippen LogP contribution < -0.4 is 93.4 Å². The first-order valence-corrected chi connectivity index (χ1v) is 17.2. The Morgan fingerprint density at radius 1 is 0.383 bits per heavy atom. The van der Waals surface area contributed by atoms with Gasteiger partial charge in [0.05, 0.1) is 46.9 Å². The SMILES string of the molecule is O=C([O-])O.O=P([O-])([O-])OC1C(OP(=O)([O-])[O-])C(OP(=O)([O-])[O-])C(OP(=O)([O-])[O-])C(OP(=O)([O-])[O-])C1OP(=O)([O-])[O-].[Cu+2].[Cu+2].[Cu+2].[Cu+2].[Cu+2].[Cu+2].[Na+]. The van der Waals surface area contributed by atoms with Crippen molar-refractivity contribution in [2.75, 3.05) is 0 Å². The van der Waals surface area contributed by atoms with Gasteiger partial charge in [0, 0.05) is 0 Å². The maximum Gasteiger partial charge on any atom is 2.00 e. The summed E-state index contributed by atoms with van der Waals surface area (Å²) in [5.74, 6) is 0. The van der Waals surface area contributed by atoms with Crippen molar-refractivity contribution in [3.63, 3.8) is 0 Å². The zero-order valence-corrected chi connectivity index (χ0v) is 33.5. The summed E-state index contributed by atoms with van der Waals surface area (Å²) in [6.07, 6.45) is -23.6. The summed E-state index contributed by atoms with van der Waals surface area (Å²) in [6.45, 7) is 0. The Kier molecular flexibility index (Phi) is 39.3. The van der Waals surface area contributed by atoms with Crippen molar-refractivity contribution < 1.29 is 260 Å². The Morgan fingerprint density at radius 3 is 0.489 bits per heavy atom. The molecule has 294 valence electrons. The van der Waals surface area contributed by atoms with Crippen molar-refractivity contribution in [3.8, 4) is 0 Å². The number of hydrogen-bond donors (Lipinski definition) is 1. The molecule has 1 rings (SSSR count). The minimum Gasteiger partial charge on any atom is -0.790 e. The van der Waals surface area contributed by atoms with E-state index in [4.69, 9.17) is 15.0 Å². The Morgan fingerprint density at radius 2 is 0.447 bits per heavy atom. The zero-order chi connectivity index (χ0) is 32.3. The second-order valence-electron chi connectivity index (χ2n) is 6.37. The van der Waals surface area contributed by atoms with Crippen LogP contribution in [-0.4, -0.2) is 47.9 Å². The van der Waals surface area contributed by atoms with Gasteiger partial charge in [0.1, 0.15) is 36.6 Å². The molecular weight excluding hydrogens is 1110 g/mol. The molecule has 1 aliphatic carbocycles. The zero-order valence-electron chi connectivity index (χ0n) is 20.5. The van der Waals surface area contributed by atoms with Gasteiger partial charge in [0.15, 0.2) is 0 Å². The number of phosphoric ester groups is 6. The van der Waals surface area contributed by atoms with Gasteiger partial charge in [0.2, 0.25) is 6.16 Å². The second kappa shape index (κ2) is 26.8. The van der Waals surface area contributed by atoms with Crippen LogP contribution in [0.3, 0.4) is 0 Å². The minimum atomic E-state index is -6.68. The summed E-state index contributed by atoms with van der Waals surface area (Å²) >= 11 is 0. The molecule has 0 amide bonds. The number of carboxylic acid groups (broad SMARTS) is 2. The predicted molar refractivity (Wildman–Crippen MR) is 82.9 cm³/mol. The van der Waals surface area contributed by atoms with Crippen LogP contribution in [0, 0.1) is 0 Å². The maximum absolute atomic E-state index is 11.1. The van der Waals surface area contributed by atoms with Gasteiger partial charge in [-0.05, 0) is 0 Å². The van der Waals surface area contributed by atoms with Gasteiger partial charge in [-0.15, -0.1) is 0 Å². The van der Waals surface area contributed by atoms with Crippen molar-refractivity contribution in [1.29, 1.82) is 0 Å². The van der Waals surface area contributed by atoms with Crippen LogP contribution in [0.5, 0.6) is 0 Å². The third-order valence-corrected chi connectivity index (χ3v) is 6.46. The van der Waals surface area contributed by atoms with E-state index in [0.717, 1.165) is 0 Å². The number of phosphoric acid groups is 6. The van der Waals surface area contributed by atoms with Crippen LogP contribution in [0.15, 0.2) is 0 Å². The quantitative estimate of drug-likeness (QED) is 0.140. The molecule has 0 saturated heterocycles. The van der Waals surface area contributed by atoms with Crippen molar-refractivity contribution >= 4 is 53.1 Å². The van der Waals surface area contributed by atoms with Gasteiger partial charge in [-0.2, -0.15) is 0 Å². The molecule has 0 aromatic rings. The normalized spacial score (nSPS) is 23.0. The average molecular weight is 1110 g/mol. The van der Waals surface area contributed by atoms with E-state index in [1.54, 1.807) is 0 Å². The largest absolute Gasteiger partial charge is 2.00 e. The van der Waals surface area contributed by atoms with Gasteiger partial charge in [0.25, 0.3) is 0 Å². The van der Waals surface area contributed by atoms with Crippen molar-refractivity contribution in [2.24, 2.45) is 0 Å². The van der Waals surface area contributed by atoms with E-state index in [2.05, 4.69) is 27.1 Å². The molecule has 0 aromatic heterocycles. The standard InChI is InChI=1S/C6H18O24P6.CH2O3.6Cu.Na/c7-31(8,9)25-1-2(26-32(10,11)12)4(28-34(16,17)18)6(30-36(22,23)24)5(29-35(19,20)21)3(1)27-33(13,14)15;2-1(3)4;;;;;;;/h1-6H,(H2,7,8,9)(H2,10,11,12)(H2,13,14,15)(H2,16,17,18)(H2,19,20,21)(H2,22,23,24);(H2,2,3,4);;;;;;;/q;;6*+2;+1/p-13. The van der Waals surface area contributed by atoms with Crippen LogP contribution in [0.4, 0.5) is 4.79 Å². The molecule has 6 radical (unpaired) electrons. The van der Waals surface area contributed by atoms with E-state index < -0.39 is 89.7 Å². The van der Waals surface area contributed by atoms with Gasteiger partial charge in [-0.3, -0.25) is 0 Å². The molecule has 0 heterocycles. The Bertz CT molecular complexity index is 941. The van der Waals surface area contributed by atoms with E-state index in [1.807, 2.05) is 0 Å². The van der Waals surface area contributed by atoms with Gasteiger partial charge in [-0.25, -0.2) is 0 Å². The first-order chi connectivity index (χ1) is 17.3. The first kappa shape index (κ1) is 69.0. The van der Waals surface area contributed by atoms with Gasteiger partial charge >= 0.3 is 132 Å². The van der Waals surface area contributed by atoms with Gasteiger partial charge in [-0.1, -0.05) is 0 Å². The van der Waals surface area contributed by atoms with Crippen molar-refractivity contribution in [2.45, 2.75) is 36.6 Å². The van der Waals surface area contributed by atoms with Crippen molar-refractivity contribution in [3.05, 3.63) is 0 Å². The Labute approximate surface area is 346 Å². The molecule has 27 nitrogen and oxygen atoms in total. The topological polar surface area (TPSA) is 495 Å². The summed E-state index contributed by atoms with van der Waals surface area (Å²) in [6, 6.07) is 0. The summed E-state index contributed by atoms with van der Waals surface area (Å²) in [5.41, 5.74) is 0. The number of rotatable bonds is 12. The maximum atomic E-state index is 11.1. The number of hydrogen-bond acceptors (Lipinski definition) is 26. The fourth-order valence-corrected chi connectivity index (χ4v) is 5.96. The van der Waals surface area contributed by atoms with Crippen LogP contribution in [0.2, 0.25) is 0 Å². The monoisotopic (exact) mass is 1110 g/mol. The molecule has 0 atom stereocenters. The molecule has 1 saturated carbocycles. The molecule has 0 unspecified atom stereocenters. The Hall–Kier alpha value is 4.05. The van der Waals surface area contributed by atoms with E-state index in [-0.39, 0.29) is 132 Å². The molecule has 47 heavy (non-hydrogen) atoms. The molecule has 1 N–H and O–H groups in total. The van der Waals surface area contributed by atoms with E-state index in [1.165, 1.54) is 0 Å². The predicted octanol–water partition coefficient (Wildman–Crippen LogP) is -14.8. The van der Waals surface area contributed by atoms with Crippen LogP contribution in [0.25, 0.3) is 0 Å². The van der Waals surface area contributed by atoms with Crippen molar-refractivity contribution in [1.82, 2.24) is 0 Å². The summed E-state index contributed by atoms with van der Waals surface area (Å²) in [4.78, 5) is 142. The second-order valence-corrected chi connectivity index (χ2v) is 13.0. The fourth-order valence-electron chi connectivity index (χ4n) is 2.74. The summed E-state index contributed by atoms with van der Waals surface area (Å²) < 4.78 is 88.3. The number of carbonyl (C=O) groups is 1. The molecule has 40 heteroatoms. The molecule has 1 aliphatic rings. The summed E-state index contributed by atoms with van der Waals surface area (Å²) in [5, 5.41) is 15.3. The summed E-state index contributed by atoms with van der Waals surface area (Å²) in [7, 11) is -40.1. The average Bonchev–Trinajstić information content (AvgIpc) is 2.57. The molecular formula is C7H7Cu6NaO27P6. The smallest absolute Gasteiger partial charge is 0.790 e. The van der Waals surface area contributed by atoms with E-state index in [9.17, 15) is 86.1 Å². The fraction of sp³-hybridized carbons (Fsp3) is 0.857. The molecule has 0 aliphatic heterocycles. The van der Waals surface area contributed by atoms with Gasteiger partial charge < -0.3 is 128 Å². The first-order valence-electron chi connectivity index (χ1n) is 8.43. The molecule has 0 aromatic carbocycles. The van der Waals surface area contributed by atoms with Crippen LogP contribution in [-0.2, 0) is 157 Å². The molecule has 1 fully saturated rings. The minimum absolute atomic E-state index is 0. The van der Waals surface area contributed by atoms with Crippen LogP contribution in [0.1, 0.15) is 0 Å². The third kappa shape index (κ3) is 34.3. The van der Waals surface area contributed by atoms with E-state index >= 15 is 0 Å². The Balaban J connectivity index is -0.000000217. The van der Waals surface area contributed by atoms with E-state index in [0.29, 0.717) is 0 Å². The molecule has 0 spiro atoms.